The lowest BCUT2D eigenvalue weighted by atomic mass is 9.96. The topological polar surface area (TPSA) is 12.0 Å². The Morgan fingerprint density at radius 2 is 2.24 bits per heavy atom. The minimum Gasteiger partial charge on any atom is -0.314 e. The van der Waals surface area contributed by atoms with Gasteiger partial charge in [-0.1, -0.05) is 19.8 Å². The van der Waals surface area contributed by atoms with Gasteiger partial charge in [0.2, 0.25) is 0 Å². The van der Waals surface area contributed by atoms with Crippen molar-refractivity contribution in [3.05, 3.63) is 20.8 Å². The zero-order chi connectivity index (χ0) is 12.1. The van der Waals surface area contributed by atoms with Crippen LogP contribution >= 0.6 is 27.3 Å². The van der Waals surface area contributed by atoms with Crippen molar-refractivity contribution in [3.63, 3.8) is 0 Å². The summed E-state index contributed by atoms with van der Waals surface area (Å²) in [4.78, 5) is 1.56. The summed E-state index contributed by atoms with van der Waals surface area (Å²) in [5, 5.41) is 5.92. The van der Waals surface area contributed by atoms with Crippen LogP contribution in [0.25, 0.3) is 0 Å². The quantitative estimate of drug-likeness (QED) is 0.777. The van der Waals surface area contributed by atoms with Gasteiger partial charge in [-0.15, -0.1) is 11.3 Å². The van der Waals surface area contributed by atoms with Crippen LogP contribution in [0.5, 0.6) is 0 Å². The molecule has 0 aromatic carbocycles. The van der Waals surface area contributed by atoms with E-state index in [4.69, 9.17) is 0 Å². The molecule has 96 valence electrons. The Kier molecular flexibility index (Phi) is 5.51. The number of hydrogen-bond donors (Lipinski definition) is 1. The maximum Gasteiger partial charge on any atom is 0.0317 e. The second kappa shape index (κ2) is 6.91. The second-order valence-corrected chi connectivity index (χ2v) is 6.80. The van der Waals surface area contributed by atoms with Crippen molar-refractivity contribution in [1.82, 2.24) is 5.32 Å². The molecule has 1 heterocycles. The molecule has 1 nitrogen and oxygen atoms in total. The highest BCUT2D eigenvalue weighted by Crippen LogP contribution is 2.38. The summed E-state index contributed by atoms with van der Waals surface area (Å²) >= 11 is 5.61. The van der Waals surface area contributed by atoms with Gasteiger partial charge in [0, 0.05) is 15.4 Å². The Morgan fingerprint density at radius 1 is 1.41 bits per heavy atom. The van der Waals surface area contributed by atoms with Gasteiger partial charge < -0.3 is 5.32 Å². The Balaban J connectivity index is 1.99. The van der Waals surface area contributed by atoms with E-state index in [2.05, 4.69) is 39.6 Å². The lowest BCUT2D eigenvalue weighted by molar-refractivity contribution is 0.441. The molecular formula is C14H22BrNS. The molecule has 1 aliphatic carbocycles. The zero-order valence-corrected chi connectivity index (χ0v) is 12.9. The molecule has 17 heavy (non-hydrogen) atoms. The zero-order valence-electron chi connectivity index (χ0n) is 10.5. The number of rotatable bonds is 4. The van der Waals surface area contributed by atoms with Crippen molar-refractivity contribution in [2.24, 2.45) is 0 Å². The van der Waals surface area contributed by atoms with Gasteiger partial charge in [0.1, 0.15) is 0 Å². The van der Waals surface area contributed by atoms with Gasteiger partial charge in [-0.05, 0) is 65.5 Å². The Hall–Kier alpha value is 0.140. The Morgan fingerprint density at radius 3 is 2.94 bits per heavy atom. The average molecular weight is 316 g/mol. The van der Waals surface area contributed by atoms with Gasteiger partial charge in [0.05, 0.1) is 0 Å². The van der Waals surface area contributed by atoms with E-state index in [9.17, 15) is 0 Å². The number of hydrogen-bond acceptors (Lipinski definition) is 2. The predicted octanol–water partition coefficient (Wildman–Crippen LogP) is 4.93. The first-order valence-corrected chi connectivity index (χ1v) is 8.44. The summed E-state index contributed by atoms with van der Waals surface area (Å²) in [6.07, 6.45) is 8.06. The van der Waals surface area contributed by atoms with Crippen molar-refractivity contribution in [2.75, 3.05) is 6.54 Å². The first kappa shape index (κ1) is 13.6. The fraction of sp³-hybridized carbons (Fsp3) is 0.714. The molecule has 0 bridgehead atoms. The van der Waals surface area contributed by atoms with Gasteiger partial charge in [0.15, 0.2) is 0 Å². The fourth-order valence-corrected chi connectivity index (χ4v) is 4.58. The molecule has 0 spiro atoms. The Labute approximate surface area is 117 Å². The van der Waals surface area contributed by atoms with Gasteiger partial charge in [-0.3, -0.25) is 0 Å². The van der Waals surface area contributed by atoms with Crippen molar-refractivity contribution in [3.8, 4) is 0 Å². The fourth-order valence-electron chi connectivity index (χ4n) is 2.73. The highest BCUT2D eigenvalue weighted by Gasteiger charge is 2.23. The highest BCUT2D eigenvalue weighted by atomic mass is 79.9. The minimum atomic E-state index is 0.733. The van der Waals surface area contributed by atoms with E-state index in [-0.39, 0.29) is 0 Å². The third-order valence-electron chi connectivity index (χ3n) is 3.62. The summed E-state index contributed by atoms with van der Waals surface area (Å²) < 4.78 is 1.32. The summed E-state index contributed by atoms with van der Waals surface area (Å²) in [6.45, 7) is 3.42. The third-order valence-corrected chi connectivity index (χ3v) is 5.66. The monoisotopic (exact) mass is 315 g/mol. The van der Waals surface area contributed by atoms with Crippen LogP contribution < -0.4 is 5.32 Å². The van der Waals surface area contributed by atoms with E-state index in [1.807, 2.05) is 11.3 Å². The molecule has 1 saturated carbocycles. The van der Waals surface area contributed by atoms with Crippen molar-refractivity contribution < 1.29 is 0 Å². The Bertz CT molecular complexity index is 337. The van der Waals surface area contributed by atoms with Crippen molar-refractivity contribution >= 4 is 27.3 Å². The van der Waals surface area contributed by atoms with Gasteiger partial charge in [0.25, 0.3) is 0 Å². The predicted molar refractivity (Wildman–Crippen MR) is 79.9 cm³/mol. The van der Waals surface area contributed by atoms with Crippen LogP contribution in [0.2, 0.25) is 0 Å². The van der Waals surface area contributed by atoms with E-state index in [0.717, 1.165) is 12.0 Å². The molecule has 1 aromatic rings. The average Bonchev–Trinajstić information content (AvgIpc) is 2.63. The standard InChI is InChI=1S/C14H22BrNS/c1-2-8-16-12-6-4-3-5-11(10-12)14-13(15)7-9-17-14/h7,9,11-12,16H,2-6,8,10H2,1H3. The SMILES string of the molecule is CCCNC1CCCCC(c2sccc2Br)C1. The molecule has 0 amide bonds. The third kappa shape index (κ3) is 3.80. The lowest BCUT2D eigenvalue weighted by Crippen LogP contribution is -2.30. The summed E-state index contributed by atoms with van der Waals surface area (Å²) in [6, 6.07) is 2.93. The van der Waals surface area contributed by atoms with Crippen LogP contribution in [0.3, 0.4) is 0 Å². The van der Waals surface area contributed by atoms with Crippen LogP contribution in [0.4, 0.5) is 0 Å². The molecule has 1 fully saturated rings. The molecule has 0 saturated heterocycles. The lowest BCUT2D eigenvalue weighted by Gasteiger charge is -2.20. The van der Waals surface area contributed by atoms with E-state index in [1.54, 1.807) is 4.88 Å². The van der Waals surface area contributed by atoms with Gasteiger partial charge in [-0.2, -0.15) is 0 Å². The minimum absolute atomic E-state index is 0.733. The smallest absolute Gasteiger partial charge is 0.0317 e. The molecule has 0 radical (unpaired) electrons. The van der Waals surface area contributed by atoms with E-state index >= 15 is 0 Å². The maximum absolute atomic E-state index is 3.71. The van der Waals surface area contributed by atoms with Gasteiger partial charge in [-0.25, -0.2) is 0 Å². The van der Waals surface area contributed by atoms with Crippen LogP contribution in [-0.4, -0.2) is 12.6 Å². The molecule has 1 N–H and O–H groups in total. The van der Waals surface area contributed by atoms with E-state index in [0.29, 0.717) is 0 Å². The number of halogens is 1. The molecule has 1 aromatic heterocycles. The molecular weight excluding hydrogens is 294 g/mol. The molecule has 2 atom stereocenters. The van der Waals surface area contributed by atoms with Crippen LogP contribution in [0.1, 0.15) is 56.2 Å². The number of thiophene rings is 1. The van der Waals surface area contributed by atoms with E-state index < -0.39 is 0 Å². The molecule has 2 unspecified atom stereocenters. The van der Waals surface area contributed by atoms with Gasteiger partial charge >= 0.3 is 0 Å². The van der Waals surface area contributed by atoms with E-state index in [1.165, 1.54) is 49.5 Å². The summed E-state index contributed by atoms with van der Waals surface area (Å²) in [5.41, 5.74) is 0. The highest BCUT2D eigenvalue weighted by molar-refractivity contribution is 9.10. The summed E-state index contributed by atoms with van der Waals surface area (Å²) in [5.74, 6) is 0.765. The second-order valence-electron chi connectivity index (χ2n) is 5.00. The van der Waals surface area contributed by atoms with Crippen molar-refractivity contribution in [1.29, 1.82) is 0 Å². The largest absolute Gasteiger partial charge is 0.314 e. The normalized spacial score (nSPS) is 25.8. The maximum atomic E-state index is 3.71. The summed E-state index contributed by atoms with van der Waals surface area (Å²) in [7, 11) is 0. The van der Waals surface area contributed by atoms with Crippen LogP contribution in [0.15, 0.2) is 15.9 Å². The van der Waals surface area contributed by atoms with Crippen molar-refractivity contribution in [2.45, 2.75) is 57.4 Å². The molecule has 2 rings (SSSR count). The first-order chi connectivity index (χ1) is 8.31. The molecule has 3 heteroatoms. The van der Waals surface area contributed by atoms with Crippen LogP contribution in [0, 0.1) is 0 Å². The van der Waals surface area contributed by atoms with Crippen LogP contribution in [-0.2, 0) is 0 Å². The first-order valence-electron chi connectivity index (χ1n) is 6.77. The number of nitrogens with one attached hydrogen (secondary N) is 1. The molecule has 0 aliphatic heterocycles. The molecule has 1 aliphatic rings.